The van der Waals surface area contributed by atoms with Crippen molar-refractivity contribution in [2.45, 2.75) is 51.7 Å². The van der Waals surface area contributed by atoms with Gasteiger partial charge in [0, 0.05) is 36.4 Å². The van der Waals surface area contributed by atoms with Crippen molar-refractivity contribution in [2.75, 3.05) is 13.1 Å². The number of furan rings is 1. The minimum atomic E-state index is -4.13. The number of hydrogen-bond donors (Lipinski definition) is 1. The van der Waals surface area contributed by atoms with Crippen LogP contribution in [0.15, 0.2) is 64.4 Å². The minimum absolute atomic E-state index is 0.0286. The number of fused-ring (bicyclic) bond motifs is 1. The molecule has 2 aromatic heterocycles. The van der Waals surface area contributed by atoms with Crippen LogP contribution in [0, 0.1) is 11.8 Å². The van der Waals surface area contributed by atoms with Gasteiger partial charge < -0.3 is 14.1 Å². The Morgan fingerprint density at radius 2 is 1.81 bits per heavy atom. The number of sulfonamides is 1. The number of pyridine rings is 1. The van der Waals surface area contributed by atoms with Gasteiger partial charge in [-0.25, -0.2) is 8.42 Å². The predicted molar refractivity (Wildman–Crippen MR) is 135 cm³/mol. The van der Waals surface area contributed by atoms with Crippen molar-refractivity contribution < 1.29 is 27.2 Å². The van der Waals surface area contributed by atoms with Crippen molar-refractivity contribution in [3.8, 4) is 0 Å². The second-order valence-electron chi connectivity index (χ2n) is 9.55. The number of rotatable bonds is 12. The van der Waals surface area contributed by atoms with E-state index in [4.69, 9.17) is 9.15 Å². The predicted octanol–water partition coefficient (Wildman–Crippen LogP) is 3.75. The number of ether oxygens (including phenoxy) is 1. The number of amides is 1. The maximum atomic E-state index is 13.6. The summed E-state index contributed by atoms with van der Waals surface area (Å²) >= 11 is 0. The average molecular weight is 516 g/mol. The third kappa shape index (κ3) is 7.63. The number of esters is 1. The normalized spacial score (nSPS) is 12.7. The van der Waals surface area contributed by atoms with Gasteiger partial charge in [-0.05, 0) is 42.2 Å². The monoisotopic (exact) mass is 515 g/mol. The molecule has 0 fully saturated rings. The first kappa shape index (κ1) is 27.3. The average Bonchev–Trinajstić information content (AvgIpc) is 3.29. The van der Waals surface area contributed by atoms with Crippen molar-refractivity contribution in [1.29, 1.82) is 0 Å². The minimum Gasteiger partial charge on any atom is -0.464 e. The van der Waals surface area contributed by atoms with E-state index in [2.05, 4.69) is 9.71 Å². The van der Waals surface area contributed by atoms with Crippen LogP contribution >= 0.6 is 0 Å². The topological polar surface area (TPSA) is 119 Å². The lowest BCUT2D eigenvalue weighted by atomic mass is 10.1. The van der Waals surface area contributed by atoms with Crippen LogP contribution in [0.25, 0.3) is 11.0 Å². The van der Waals surface area contributed by atoms with Crippen molar-refractivity contribution in [3.63, 3.8) is 0 Å². The molecule has 0 aliphatic heterocycles. The van der Waals surface area contributed by atoms with Gasteiger partial charge in [0.15, 0.2) is 0 Å². The molecular formula is C26H33N3O6S. The zero-order valence-electron chi connectivity index (χ0n) is 21.0. The zero-order valence-corrected chi connectivity index (χ0v) is 21.8. The van der Waals surface area contributed by atoms with Crippen LogP contribution in [-0.2, 0) is 31.0 Å². The van der Waals surface area contributed by atoms with Gasteiger partial charge in [-0.3, -0.25) is 14.6 Å². The Bertz CT molecular complexity index is 1260. The Labute approximate surface area is 211 Å². The molecule has 9 nitrogen and oxygen atoms in total. The summed E-state index contributed by atoms with van der Waals surface area (Å²) in [6.07, 6.45) is 4.19. The van der Waals surface area contributed by atoms with Crippen molar-refractivity contribution in [3.05, 3.63) is 60.6 Å². The summed E-state index contributed by atoms with van der Waals surface area (Å²) in [6.45, 7) is 8.73. The van der Waals surface area contributed by atoms with E-state index in [0.29, 0.717) is 29.6 Å². The molecule has 1 atom stereocenters. The van der Waals surface area contributed by atoms with Crippen molar-refractivity contribution in [2.24, 2.45) is 11.8 Å². The largest absolute Gasteiger partial charge is 0.464 e. The Hall–Kier alpha value is -3.24. The summed E-state index contributed by atoms with van der Waals surface area (Å²) in [5.74, 6) is -0.847. The van der Waals surface area contributed by atoms with Crippen LogP contribution in [-0.4, -0.2) is 49.3 Å². The number of hydrogen-bond acceptors (Lipinski definition) is 7. The van der Waals surface area contributed by atoms with Gasteiger partial charge in [0.25, 0.3) is 0 Å². The van der Waals surface area contributed by atoms with Crippen LogP contribution in [0.1, 0.15) is 39.7 Å². The Morgan fingerprint density at radius 3 is 2.44 bits per heavy atom. The van der Waals surface area contributed by atoms with Gasteiger partial charge in [-0.1, -0.05) is 33.8 Å². The number of aromatic nitrogens is 1. The summed E-state index contributed by atoms with van der Waals surface area (Å²) in [5, 5.41) is 0.609. The highest BCUT2D eigenvalue weighted by atomic mass is 32.2. The first-order valence-corrected chi connectivity index (χ1v) is 13.4. The molecule has 0 radical (unpaired) electrons. The summed E-state index contributed by atoms with van der Waals surface area (Å²) < 4.78 is 39.6. The van der Waals surface area contributed by atoms with Gasteiger partial charge in [0.05, 0.1) is 17.6 Å². The van der Waals surface area contributed by atoms with Crippen molar-refractivity contribution >= 4 is 32.9 Å². The highest BCUT2D eigenvalue weighted by molar-refractivity contribution is 7.89. The Morgan fingerprint density at radius 1 is 1.08 bits per heavy atom. The molecule has 3 rings (SSSR count). The fourth-order valence-corrected chi connectivity index (χ4v) is 5.00. The molecule has 3 aromatic rings. The van der Waals surface area contributed by atoms with Crippen LogP contribution < -0.4 is 4.72 Å². The first-order valence-electron chi connectivity index (χ1n) is 11.9. The highest BCUT2D eigenvalue weighted by Gasteiger charge is 2.32. The van der Waals surface area contributed by atoms with E-state index in [1.165, 1.54) is 18.4 Å². The molecule has 1 aromatic carbocycles. The smallest absolute Gasteiger partial charge is 0.308 e. The van der Waals surface area contributed by atoms with Crippen LogP contribution in [0.3, 0.4) is 0 Å². The van der Waals surface area contributed by atoms with Gasteiger partial charge >= 0.3 is 5.97 Å². The molecule has 10 heteroatoms. The van der Waals surface area contributed by atoms with Gasteiger partial charge in [-0.15, -0.1) is 0 Å². The van der Waals surface area contributed by atoms with Crippen LogP contribution in [0.4, 0.5) is 0 Å². The lowest BCUT2D eigenvalue weighted by Gasteiger charge is -2.30. The molecule has 0 aliphatic rings. The molecule has 0 saturated carbocycles. The molecule has 194 valence electrons. The molecule has 1 N–H and O–H groups in total. The summed E-state index contributed by atoms with van der Waals surface area (Å²) in [4.78, 5) is 31.8. The molecule has 0 spiro atoms. The molecular weight excluding hydrogens is 482 g/mol. The third-order valence-electron chi connectivity index (χ3n) is 5.31. The number of carbonyl (C=O) groups excluding carboxylic acids is 2. The lowest BCUT2D eigenvalue weighted by molar-refractivity contribution is -0.148. The third-order valence-corrected chi connectivity index (χ3v) is 6.78. The van der Waals surface area contributed by atoms with E-state index in [-0.39, 0.29) is 23.3 Å². The second kappa shape index (κ2) is 12.1. The van der Waals surface area contributed by atoms with Gasteiger partial charge in [0.2, 0.25) is 15.9 Å². The summed E-state index contributed by atoms with van der Waals surface area (Å²) in [7, 11) is -4.13. The molecule has 1 unspecified atom stereocenters. The molecule has 0 bridgehead atoms. The SMILES string of the molecule is CC(C)CN(CC(C)C)C(=O)C(CC(=O)OCc1cccnc1)NS(=O)(=O)c1ccc2occc2c1. The highest BCUT2D eigenvalue weighted by Crippen LogP contribution is 2.21. The number of carbonyl (C=O) groups is 2. The molecule has 36 heavy (non-hydrogen) atoms. The first-order chi connectivity index (χ1) is 17.0. The van der Waals surface area contributed by atoms with E-state index < -0.39 is 34.4 Å². The number of nitrogens with zero attached hydrogens (tertiary/aromatic N) is 2. The molecule has 1 amide bonds. The maximum Gasteiger partial charge on any atom is 0.308 e. The number of benzene rings is 1. The summed E-state index contributed by atoms with van der Waals surface area (Å²) in [6, 6.07) is 8.21. The number of nitrogens with one attached hydrogen (secondary N) is 1. The van der Waals surface area contributed by atoms with Gasteiger partial charge in [-0.2, -0.15) is 4.72 Å². The van der Waals surface area contributed by atoms with E-state index >= 15 is 0 Å². The standard InChI is InChI=1S/C26H33N3O6S/c1-18(2)15-29(16-19(3)4)26(31)23(13-25(30)35-17-20-6-5-10-27-14-20)28-36(32,33)22-7-8-24-21(12-22)9-11-34-24/h5-12,14,18-19,23,28H,13,15-17H2,1-4H3. The molecule has 0 aliphatic carbocycles. The maximum absolute atomic E-state index is 13.6. The van der Waals surface area contributed by atoms with Crippen molar-refractivity contribution in [1.82, 2.24) is 14.6 Å². The van der Waals surface area contributed by atoms with Crippen LogP contribution in [0.2, 0.25) is 0 Å². The second-order valence-corrected chi connectivity index (χ2v) is 11.3. The van der Waals surface area contributed by atoms with Crippen LogP contribution in [0.5, 0.6) is 0 Å². The van der Waals surface area contributed by atoms with E-state index in [1.807, 2.05) is 27.7 Å². The lowest BCUT2D eigenvalue weighted by Crippen LogP contribution is -2.51. The fraction of sp³-hybridized carbons (Fsp3) is 0.423. The molecule has 0 saturated heterocycles. The van der Waals surface area contributed by atoms with E-state index in [0.717, 1.165) is 0 Å². The Kier molecular flexibility index (Phi) is 9.22. The summed E-state index contributed by atoms with van der Waals surface area (Å²) in [5.41, 5.74) is 1.23. The Balaban J connectivity index is 1.84. The van der Waals surface area contributed by atoms with E-state index in [1.54, 1.807) is 41.6 Å². The van der Waals surface area contributed by atoms with E-state index in [9.17, 15) is 18.0 Å². The van der Waals surface area contributed by atoms with Gasteiger partial charge in [0.1, 0.15) is 18.2 Å². The zero-order chi connectivity index (χ0) is 26.3. The fourth-order valence-electron chi connectivity index (χ4n) is 3.78. The quantitative estimate of drug-likeness (QED) is 0.365. The molecule has 2 heterocycles.